The van der Waals surface area contributed by atoms with Crippen molar-refractivity contribution in [3.63, 3.8) is 0 Å². The molecule has 0 saturated carbocycles. The molecule has 1 aromatic carbocycles. The van der Waals surface area contributed by atoms with E-state index in [0.29, 0.717) is 5.92 Å². The first-order chi connectivity index (χ1) is 9.28. The summed E-state index contributed by atoms with van der Waals surface area (Å²) in [6.45, 7) is 6.65. The summed E-state index contributed by atoms with van der Waals surface area (Å²) < 4.78 is 18.5. The van der Waals surface area contributed by atoms with Gasteiger partial charge in [-0.3, -0.25) is 0 Å². The molecule has 4 heteroatoms. The van der Waals surface area contributed by atoms with Gasteiger partial charge in [0.1, 0.15) is 11.6 Å². The van der Waals surface area contributed by atoms with Crippen molar-refractivity contribution in [1.82, 2.24) is 4.90 Å². The molecular weight excluding hydrogens is 277 g/mol. The number of benzene rings is 1. The molecule has 2 rings (SSSR count). The second-order valence-corrected chi connectivity index (χ2v) is 5.38. The molecule has 0 N–H and O–H groups in total. The average molecular weight is 302 g/mol. The van der Waals surface area contributed by atoms with Gasteiger partial charge in [-0.05, 0) is 69.1 Å². The lowest BCUT2D eigenvalue weighted by Crippen LogP contribution is -2.24. The van der Waals surface area contributed by atoms with E-state index >= 15 is 0 Å². The summed E-state index contributed by atoms with van der Waals surface area (Å²) in [7, 11) is 0. The zero-order valence-corrected chi connectivity index (χ0v) is 13.0. The minimum Gasteiger partial charge on any atom is -0.493 e. The summed E-state index contributed by atoms with van der Waals surface area (Å²) in [5.41, 5.74) is 0. The molecule has 114 valence electrons. The van der Waals surface area contributed by atoms with Gasteiger partial charge in [-0.1, -0.05) is 13.3 Å². The lowest BCUT2D eigenvalue weighted by Gasteiger charge is -2.20. The van der Waals surface area contributed by atoms with Crippen molar-refractivity contribution in [2.24, 2.45) is 5.92 Å². The van der Waals surface area contributed by atoms with E-state index in [1.807, 2.05) is 0 Å². The predicted octanol–water partition coefficient (Wildman–Crippen LogP) is 4.14. The van der Waals surface area contributed by atoms with Crippen molar-refractivity contribution in [2.45, 2.75) is 32.6 Å². The van der Waals surface area contributed by atoms with Crippen LogP contribution in [-0.2, 0) is 0 Å². The Morgan fingerprint density at radius 3 is 2.45 bits per heavy atom. The normalized spacial score (nSPS) is 16.7. The van der Waals surface area contributed by atoms with Crippen molar-refractivity contribution in [3.8, 4) is 5.75 Å². The van der Waals surface area contributed by atoms with Crippen molar-refractivity contribution < 1.29 is 9.13 Å². The zero-order chi connectivity index (χ0) is 13.5. The molecule has 0 aliphatic carbocycles. The summed E-state index contributed by atoms with van der Waals surface area (Å²) in [4.78, 5) is 2.54. The van der Waals surface area contributed by atoms with Crippen LogP contribution in [0.15, 0.2) is 24.3 Å². The number of hydrogen-bond donors (Lipinski definition) is 0. The number of halogens is 2. The highest BCUT2D eigenvalue weighted by Gasteiger charge is 2.14. The molecule has 2 nitrogen and oxygen atoms in total. The van der Waals surface area contributed by atoms with Crippen LogP contribution < -0.4 is 4.74 Å². The Balaban J connectivity index is 0.00000200. The predicted molar refractivity (Wildman–Crippen MR) is 83.2 cm³/mol. The smallest absolute Gasteiger partial charge is 0.123 e. The molecule has 1 unspecified atom stereocenters. The second kappa shape index (κ2) is 9.19. The Hall–Kier alpha value is -0.800. The van der Waals surface area contributed by atoms with Crippen LogP contribution in [0.5, 0.6) is 5.75 Å². The summed E-state index contributed by atoms with van der Waals surface area (Å²) in [6, 6.07) is 6.28. The standard InChI is InChI=1S/C16H24FNO.ClH/c1-2-14(9-12-18-10-3-4-11-18)13-19-16-7-5-15(17)6-8-16;/h5-8,14H,2-4,9-13H2,1H3;1H. The fraction of sp³-hybridized carbons (Fsp3) is 0.625. The van der Waals surface area contributed by atoms with Gasteiger partial charge in [-0.2, -0.15) is 0 Å². The third kappa shape index (κ3) is 5.68. The maximum absolute atomic E-state index is 12.8. The summed E-state index contributed by atoms with van der Waals surface area (Å²) in [6.07, 6.45) is 5.03. The maximum Gasteiger partial charge on any atom is 0.123 e. The van der Waals surface area contributed by atoms with Gasteiger partial charge in [0.05, 0.1) is 6.61 Å². The van der Waals surface area contributed by atoms with Crippen LogP contribution in [0.4, 0.5) is 4.39 Å². The highest BCUT2D eigenvalue weighted by Crippen LogP contribution is 2.17. The van der Waals surface area contributed by atoms with Gasteiger partial charge < -0.3 is 9.64 Å². The minimum atomic E-state index is -0.214. The number of rotatable bonds is 7. The minimum absolute atomic E-state index is 0. The number of hydrogen-bond acceptors (Lipinski definition) is 2. The summed E-state index contributed by atoms with van der Waals surface area (Å²) in [5.74, 6) is 1.14. The van der Waals surface area contributed by atoms with Crippen LogP contribution in [0.25, 0.3) is 0 Å². The molecule has 0 spiro atoms. The summed E-state index contributed by atoms with van der Waals surface area (Å²) in [5, 5.41) is 0. The molecule has 0 radical (unpaired) electrons. The Labute approximate surface area is 127 Å². The molecule has 1 saturated heterocycles. The Kier molecular flexibility index (Phi) is 7.93. The fourth-order valence-electron chi connectivity index (χ4n) is 2.52. The van der Waals surface area contributed by atoms with Gasteiger partial charge in [0.2, 0.25) is 0 Å². The number of likely N-dealkylation sites (tertiary alicyclic amines) is 1. The molecule has 0 bridgehead atoms. The van der Waals surface area contributed by atoms with Gasteiger partial charge in [0.25, 0.3) is 0 Å². The molecule has 20 heavy (non-hydrogen) atoms. The van der Waals surface area contributed by atoms with Gasteiger partial charge >= 0.3 is 0 Å². The number of ether oxygens (including phenoxy) is 1. The third-order valence-corrected chi connectivity index (χ3v) is 3.93. The second-order valence-electron chi connectivity index (χ2n) is 5.38. The van der Waals surface area contributed by atoms with Crippen molar-refractivity contribution in [2.75, 3.05) is 26.2 Å². The molecule has 1 fully saturated rings. The number of nitrogens with zero attached hydrogens (tertiary/aromatic N) is 1. The highest BCUT2D eigenvalue weighted by molar-refractivity contribution is 5.85. The lowest BCUT2D eigenvalue weighted by atomic mass is 10.0. The molecule has 1 aliphatic heterocycles. The Morgan fingerprint density at radius 1 is 1.20 bits per heavy atom. The molecule has 1 atom stereocenters. The Morgan fingerprint density at radius 2 is 1.85 bits per heavy atom. The van der Waals surface area contributed by atoms with E-state index in [9.17, 15) is 4.39 Å². The molecule has 1 heterocycles. The van der Waals surface area contributed by atoms with Crippen molar-refractivity contribution in [3.05, 3.63) is 30.1 Å². The third-order valence-electron chi connectivity index (χ3n) is 3.93. The SMILES string of the molecule is CCC(CCN1CCCC1)COc1ccc(F)cc1.Cl. The zero-order valence-electron chi connectivity index (χ0n) is 12.2. The molecule has 1 aliphatic rings. The monoisotopic (exact) mass is 301 g/mol. The first-order valence-corrected chi connectivity index (χ1v) is 7.38. The van der Waals surface area contributed by atoms with E-state index in [-0.39, 0.29) is 18.2 Å². The molecular formula is C16H25ClFNO. The van der Waals surface area contributed by atoms with Crippen LogP contribution in [0.2, 0.25) is 0 Å². The average Bonchev–Trinajstić information content (AvgIpc) is 2.94. The fourth-order valence-corrected chi connectivity index (χ4v) is 2.52. The van der Waals surface area contributed by atoms with E-state index in [1.165, 1.54) is 51.0 Å². The quantitative estimate of drug-likeness (QED) is 0.750. The largest absolute Gasteiger partial charge is 0.493 e. The highest BCUT2D eigenvalue weighted by atomic mass is 35.5. The van der Waals surface area contributed by atoms with Gasteiger partial charge in [0, 0.05) is 0 Å². The van der Waals surface area contributed by atoms with Gasteiger partial charge in [-0.15, -0.1) is 12.4 Å². The van der Waals surface area contributed by atoms with E-state index in [1.54, 1.807) is 12.1 Å². The van der Waals surface area contributed by atoms with Crippen molar-refractivity contribution in [1.29, 1.82) is 0 Å². The van der Waals surface area contributed by atoms with E-state index < -0.39 is 0 Å². The summed E-state index contributed by atoms with van der Waals surface area (Å²) >= 11 is 0. The van der Waals surface area contributed by atoms with Crippen molar-refractivity contribution >= 4 is 12.4 Å². The maximum atomic E-state index is 12.8. The van der Waals surface area contributed by atoms with E-state index in [2.05, 4.69) is 11.8 Å². The first-order valence-electron chi connectivity index (χ1n) is 7.38. The van der Waals surface area contributed by atoms with Crippen LogP contribution in [-0.4, -0.2) is 31.1 Å². The van der Waals surface area contributed by atoms with E-state index in [4.69, 9.17) is 4.74 Å². The first kappa shape index (κ1) is 17.3. The molecule has 1 aromatic rings. The van der Waals surface area contributed by atoms with Crippen LogP contribution in [0.3, 0.4) is 0 Å². The van der Waals surface area contributed by atoms with Crippen LogP contribution in [0, 0.1) is 11.7 Å². The lowest BCUT2D eigenvalue weighted by molar-refractivity contribution is 0.213. The molecule has 0 amide bonds. The molecule has 0 aromatic heterocycles. The van der Waals surface area contributed by atoms with Gasteiger partial charge in [0.15, 0.2) is 0 Å². The Bertz CT molecular complexity index is 365. The van der Waals surface area contributed by atoms with E-state index in [0.717, 1.165) is 18.8 Å². The van der Waals surface area contributed by atoms with Crippen LogP contribution in [0.1, 0.15) is 32.6 Å². The van der Waals surface area contributed by atoms with Crippen LogP contribution >= 0.6 is 12.4 Å². The van der Waals surface area contributed by atoms with Gasteiger partial charge in [-0.25, -0.2) is 4.39 Å². The topological polar surface area (TPSA) is 12.5 Å².